The molecule has 3 rings (SSSR count). The molecule has 0 aliphatic carbocycles. The Morgan fingerprint density at radius 1 is 0.969 bits per heavy atom. The van der Waals surface area contributed by atoms with E-state index in [0.29, 0.717) is 5.56 Å². The van der Waals surface area contributed by atoms with E-state index in [2.05, 4.69) is 5.32 Å². The molecular weight excluding hydrogens is 422 g/mol. The van der Waals surface area contributed by atoms with Crippen LogP contribution in [0.5, 0.6) is 0 Å². The zero-order valence-corrected chi connectivity index (χ0v) is 19.1. The van der Waals surface area contributed by atoms with Crippen molar-refractivity contribution in [3.8, 4) is 6.07 Å². The molecule has 1 amide bonds. The second kappa shape index (κ2) is 9.77. The van der Waals surface area contributed by atoms with Gasteiger partial charge in [0.2, 0.25) is 15.9 Å². The van der Waals surface area contributed by atoms with Gasteiger partial charge in [-0.15, -0.1) is 0 Å². The van der Waals surface area contributed by atoms with Crippen molar-refractivity contribution < 1.29 is 13.2 Å². The molecule has 1 N–H and O–H groups in total. The Morgan fingerprint density at radius 2 is 1.62 bits per heavy atom. The van der Waals surface area contributed by atoms with Crippen molar-refractivity contribution in [2.75, 3.05) is 13.6 Å². The lowest BCUT2D eigenvalue weighted by Crippen LogP contribution is -2.40. The minimum atomic E-state index is -3.87. The lowest BCUT2D eigenvalue weighted by atomic mass is 9.95. The Morgan fingerprint density at radius 3 is 2.22 bits per heavy atom. The number of benzene rings is 3. The standard InChI is InChI=1S/C25H25N3O3S/c1-18-9-12-22(15-19(18)2)25(21-7-5-4-6-8-21)27-24(29)17-28(3)32(30,31)23-13-10-20(16-26)11-14-23/h4-15,25H,17H2,1-3H3,(H,27,29)/t25-/m1/s1. The van der Waals surface area contributed by atoms with Gasteiger partial charge in [0.25, 0.3) is 0 Å². The molecule has 0 radical (unpaired) electrons. The third kappa shape index (κ3) is 5.22. The normalized spacial score (nSPS) is 12.2. The van der Waals surface area contributed by atoms with Crippen LogP contribution in [0, 0.1) is 25.2 Å². The number of carbonyl (C=O) groups excluding carboxylic acids is 1. The van der Waals surface area contributed by atoms with Crippen LogP contribution in [-0.4, -0.2) is 32.2 Å². The Balaban J connectivity index is 1.81. The van der Waals surface area contributed by atoms with Crippen molar-refractivity contribution >= 4 is 15.9 Å². The quantitative estimate of drug-likeness (QED) is 0.598. The van der Waals surface area contributed by atoms with Gasteiger partial charge in [0.15, 0.2) is 0 Å². The van der Waals surface area contributed by atoms with Crippen LogP contribution in [0.2, 0.25) is 0 Å². The van der Waals surface area contributed by atoms with Gasteiger partial charge in [-0.3, -0.25) is 4.79 Å². The topological polar surface area (TPSA) is 90.3 Å². The van der Waals surface area contributed by atoms with Crippen LogP contribution in [0.3, 0.4) is 0 Å². The monoisotopic (exact) mass is 447 g/mol. The van der Waals surface area contributed by atoms with Crippen LogP contribution in [0.15, 0.2) is 77.7 Å². The molecule has 164 valence electrons. The number of aryl methyl sites for hydroxylation is 2. The van der Waals surface area contributed by atoms with Gasteiger partial charge in [0.05, 0.1) is 29.1 Å². The van der Waals surface area contributed by atoms with Crippen LogP contribution in [0.25, 0.3) is 0 Å². The fourth-order valence-corrected chi connectivity index (χ4v) is 4.45. The summed E-state index contributed by atoms with van der Waals surface area (Å²) in [7, 11) is -2.51. The average Bonchev–Trinajstić information content (AvgIpc) is 2.80. The van der Waals surface area contributed by atoms with Gasteiger partial charge in [0, 0.05) is 7.05 Å². The van der Waals surface area contributed by atoms with E-state index in [1.807, 2.05) is 68.4 Å². The second-order valence-electron chi connectivity index (χ2n) is 7.65. The number of nitrogens with zero attached hydrogens (tertiary/aromatic N) is 2. The summed E-state index contributed by atoms with van der Waals surface area (Å²) in [5, 5.41) is 11.9. The molecule has 0 aromatic heterocycles. The molecule has 0 aliphatic heterocycles. The van der Waals surface area contributed by atoms with Crippen LogP contribution < -0.4 is 5.32 Å². The predicted octanol–water partition coefficient (Wildman–Crippen LogP) is 3.70. The zero-order chi connectivity index (χ0) is 23.3. The number of carbonyl (C=O) groups is 1. The first-order chi connectivity index (χ1) is 15.2. The molecule has 0 spiro atoms. The summed E-state index contributed by atoms with van der Waals surface area (Å²) >= 11 is 0. The van der Waals surface area contributed by atoms with E-state index in [0.717, 1.165) is 26.6 Å². The third-order valence-corrected chi connectivity index (χ3v) is 7.18. The summed E-state index contributed by atoms with van der Waals surface area (Å²) in [6, 6.07) is 22.7. The molecule has 0 bridgehead atoms. The first-order valence-electron chi connectivity index (χ1n) is 10.1. The molecule has 7 heteroatoms. The van der Waals surface area contributed by atoms with Gasteiger partial charge in [-0.2, -0.15) is 9.57 Å². The van der Waals surface area contributed by atoms with Gasteiger partial charge in [-0.25, -0.2) is 8.42 Å². The number of amides is 1. The fourth-order valence-electron chi connectivity index (χ4n) is 3.32. The lowest BCUT2D eigenvalue weighted by molar-refractivity contribution is -0.121. The lowest BCUT2D eigenvalue weighted by Gasteiger charge is -2.23. The van der Waals surface area contributed by atoms with Crippen molar-refractivity contribution in [3.63, 3.8) is 0 Å². The highest BCUT2D eigenvalue weighted by atomic mass is 32.2. The van der Waals surface area contributed by atoms with E-state index in [-0.39, 0.29) is 11.4 Å². The highest BCUT2D eigenvalue weighted by Crippen LogP contribution is 2.24. The summed E-state index contributed by atoms with van der Waals surface area (Å²) in [4.78, 5) is 12.9. The number of hydrogen-bond donors (Lipinski definition) is 1. The van der Waals surface area contributed by atoms with Gasteiger partial charge in [0.1, 0.15) is 0 Å². The molecule has 0 saturated carbocycles. The molecule has 3 aromatic rings. The second-order valence-corrected chi connectivity index (χ2v) is 9.70. The largest absolute Gasteiger partial charge is 0.344 e. The van der Waals surface area contributed by atoms with Crippen molar-refractivity contribution in [3.05, 3.63) is 101 Å². The Bertz CT molecular complexity index is 1250. The van der Waals surface area contributed by atoms with Crippen molar-refractivity contribution in [2.45, 2.75) is 24.8 Å². The van der Waals surface area contributed by atoms with Gasteiger partial charge in [-0.1, -0.05) is 48.5 Å². The van der Waals surface area contributed by atoms with E-state index in [1.54, 1.807) is 0 Å². The Labute approximate surface area is 189 Å². The first kappa shape index (κ1) is 23.2. The summed E-state index contributed by atoms with van der Waals surface area (Å²) in [6.07, 6.45) is 0. The highest BCUT2D eigenvalue weighted by Gasteiger charge is 2.25. The van der Waals surface area contributed by atoms with Crippen LogP contribution >= 0.6 is 0 Å². The van der Waals surface area contributed by atoms with Crippen LogP contribution in [0.1, 0.15) is 33.9 Å². The van der Waals surface area contributed by atoms with Crippen LogP contribution in [-0.2, 0) is 14.8 Å². The average molecular weight is 448 g/mol. The van der Waals surface area contributed by atoms with E-state index in [1.165, 1.54) is 31.3 Å². The Kier molecular flexibility index (Phi) is 7.08. The maximum atomic E-state index is 12.9. The molecular formula is C25H25N3O3S. The van der Waals surface area contributed by atoms with Gasteiger partial charge >= 0.3 is 0 Å². The molecule has 0 heterocycles. The molecule has 1 atom stereocenters. The molecule has 0 saturated heterocycles. The number of nitriles is 1. The van der Waals surface area contributed by atoms with Crippen molar-refractivity contribution in [1.29, 1.82) is 5.26 Å². The number of nitrogens with one attached hydrogen (secondary N) is 1. The predicted molar refractivity (Wildman–Crippen MR) is 123 cm³/mol. The maximum Gasteiger partial charge on any atom is 0.243 e. The van der Waals surface area contributed by atoms with Crippen molar-refractivity contribution in [2.24, 2.45) is 0 Å². The summed E-state index contributed by atoms with van der Waals surface area (Å²) in [6.45, 7) is 3.70. The fraction of sp³-hybridized carbons (Fsp3) is 0.200. The van der Waals surface area contributed by atoms with Crippen molar-refractivity contribution in [1.82, 2.24) is 9.62 Å². The molecule has 0 aliphatic rings. The smallest absolute Gasteiger partial charge is 0.243 e. The molecule has 32 heavy (non-hydrogen) atoms. The molecule has 3 aromatic carbocycles. The summed E-state index contributed by atoms with van der Waals surface area (Å²) in [5.41, 5.74) is 4.45. The van der Waals surface area contributed by atoms with Gasteiger partial charge < -0.3 is 5.32 Å². The minimum absolute atomic E-state index is 0.0283. The maximum absolute atomic E-state index is 12.9. The minimum Gasteiger partial charge on any atom is -0.344 e. The van der Waals surface area contributed by atoms with Gasteiger partial charge in [-0.05, 0) is 60.4 Å². The number of hydrogen-bond acceptors (Lipinski definition) is 4. The zero-order valence-electron chi connectivity index (χ0n) is 18.2. The summed E-state index contributed by atoms with van der Waals surface area (Å²) < 4.78 is 26.7. The van der Waals surface area contributed by atoms with Crippen LogP contribution in [0.4, 0.5) is 0 Å². The first-order valence-corrected chi connectivity index (χ1v) is 11.5. The molecule has 6 nitrogen and oxygen atoms in total. The van der Waals surface area contributed by atoms with E-state index >= 15 is 0 Å². The third-order valence-electron chi connectivity index (χ3n) is 5.36. The number of sulfonamides is 1. The van der Waals surface area contributed by atoms with E-state index in [9.17, 15) is 13.2 Å². The molecule has 0 unspecified atom stereocenters. The summed E-state index contributed by atoms with van der Waals surface area (Å²) in [5.74, 6) is -0.420. The molecule has 0 fully saturated rings. The highest BCUT2D eigenvalue weighted by molar-refractivity contribution is 7.89. The number of likely N-dealkylation sites (N-methyl/N-ethyl adjacent to an activating group) is 1. The van der Waals surface area contributed by atoms with E-state index < -0.39 is 22.0 Å². The van der Waals surface area contributed by atoms with E-state index in [4.69, 9.17) is 5.26 Å². The SMILES string of the molecule is Cc1ccc([C@H](NC(=O)CN(C)S(=O)(=O)c2ccc(C#N)cc2)c2ccccc2)cc1C. The number of rotatable bonds is 7. The Hall–Kier alpha value is -3.47.